The number of hydrazine groups is 1. The summed E-state index contributed by atoms with van der Waals surface area (Å²) in [4.78, 5) is 11.8. The van der Waals surface area contributed by atoms with Gasteiger partial charge in [-0.2, -0.15) is 5.10 Å². The van der Waals surface area contributed by atoms with Gasteiger partial charge >= 0.3 is 0 Å². The Morgan fingerprint density at radius 3 is 2.53 bits per heavy atom. The summed E-state index contributed by atoms with van der Waals surface area (Å²) in [6, 6.07) is 6.92. The summed E-state index contributed by atoms with van der Waals surface area (Å²) in [5.41, 5.74) is 3.60. The Morgan fingerprint density at radius 1 is 1.37 bits per heavy atom. The monoisotopic (exact) mass is 298 g/mol. The van der Waals surface area contributed by atoms with Gasteiger partial charge in [0.1, 0.15) is 0 Å². The van der Waals surface area contributed by atoms with Crippen molar-refractivity contribution in [2.24, 2.45) is 5.84 Å². The third kappa shape index (κ3) is 2.58. The fourth-order valence-electron chi connectivity index (χ4n) is 1.70. The molecule has 100 valence electrons. The summed E-state index contributed by atoms with van der Waals surface area (Å²) in [6.07, 6.45) is 0.615. The van der Waals surface area contributed by atoms with Crippen molar-refractivity contribution in [1.29, 1.82) is 0 Å². The number of benzene rings is 1. The zero-order valence-electron chi connectivity index (χ0n) is 10.2. The molecular formula is C12H12Cl2N4O. The largest absolute Gasteiger partial charge is 0.289 e. The smallest absolute Gasteiger partial charge is 0.285 e. The van der Waals surface area contributed by atoms with Gasteiger partial charge in [0.25, 0.3) is 5.91 Å². The van der Waals surface area contributed by atoms with Crippen LogP contribution in [0, 0.1) is 0 Å². The molecule has 7 heteroatoms. The molecule has 0 saturated heterocycles. The van der Waals surface area contributed by atoms with E-state index in [-0.39, 0.29) is 5.69 Å². The first-order chi connectivity index (χ1) is 9.08. The molecule has 1 amide bonds. The number of hydrogen-bond donors (Lipinski definition) is 2. The third-order valence-electron chi connectivity index (χ3n) is 2.65. The van der Waals surface area contributed by atoms with Gasteiger partial charge in [0, 0.05) is 5.02 Å². The molecule has 0 atom stereocenters. The number of rotatable bonds is 3. The number of aromatic nitrogens is 2. The highest BCUT2D eigenvalue weighted by atomic mass is 35.5. The predicted molar refractivity (Wildman–Crippen MR) is 74.6 cm³/mol. The van der Waals surface area contributed by atoms with Crippen LogP contribution < -0.4 is 11.3 Å². The molecule has 0 saturated carbocycles. The minimum absolute atomic E-state index is 0.211. The molecule has 0 bridgehead atoms. The second-order valence-corrected chi connectivity index (χ2v) is 4.64. The molecule has 0 radical (unpaired) electrons. The highest BCUT2D eigenvalue weighted by molar-refractivity contribution is 6.34. The number of carbonyl (C=O) groups excluding carboxylic acids is 1. The number of aryl methyl sites for hydroxylation is 1. The molecular weight excluding hydrogens is 287 g/mol. The van der Waals surface area contributed by atoms with Gasteiger partial charge in [0.05, 0.1) is 16.4 Å². The number of nitrogen functional groups attached to an aromatic ring is 1. The molecule has 5 nitrogen and oxygen atoms in total. The van der Waals surface area contributed by atoms with E-state index in [0.717, 1.165) is 0 Å². The van der Waals surface area contributed by atoms with Crippen LogP contribution in [0.3, 0.4) is 0 Å². The summed E-state index contributed by atoms with van der Waals surface area (Å²) in [7, 11) is 0. The van der Waals surface area contributed by atoms with Crippen molar-refractivity contribution in [3.05, 3.63) is 45.7 Å². The number of hydrogen-bond acceptors (Lipinski definition) is 3. The highest BCUT2D eigenvalue weighted by Gasteiger charge is 2.21. The lowest BCUT2D eigenvalue weighted by Gasteiger charge is -2.06. The molecule has 0 spiro atoms. The lowest BCUT2D eigenvalue weighted by molar-refractivity contribution is 0.0946. The molecule has 1 heterocycles. The van der Waals surface area contributed by atoms with Crippen LogP contribution in [0.1, 0.15) is 23.1 Å². The van der Waals surface area contributed by atoms with E-state index in [1.807, 2.05) is 6.92 Å². The number of nitrogens with two attached hydrogens (primary N) is 1. The quantitative estimate of drug-likeness (QED) is 0.519. The predicted octanol–water partition coefficient (Wildman–Crippen LogP) is 2.35. The van der Waals surface area contributed by atoms with Gasteiger partial charge in [0.2, 0.25) is 0 Å². The van der Waals surface area contributed by atoms with Gasteiger partial charge in [-0.15, -0.1) is 0 Å². The number of halogens is 2. The van der Waals surface area contributed by atoms with Crippen molar-refractivity contribution >= 4 is 29.1 Å². The molecule has 2 aromatic rings. The minimum atomic E-state index is -0.493. The van der Waals surface area contributed by atoms with Crippen LogP contribution in [-0.2, 0) is 6.42 Å². The summed E-state index contributed by atoms with van der Waals surface area (Å²) >= 11 is 12.0. The maximum Gasteiger partial charge on any atom is 0.285 e. The Labute approximate surface area is 120 Å². The van der Waals surface area contributed by atoms with Crippen molar-refractivity contribution < 1.29 is 4.79 Å². The average Bonchev–Trinajstić information content (AvgIpc) is 2.75. The molecule has 19 heavy (non-hydrogen) atoms. The van der Waals surface area contributed by atoms with Crippen molar-refractivity contribution in [1.82, 2.24) is 15.2 Å². The Balaban J connectivity index is 2.61. The third-order valence-corrected chi connectivity index (χ3v) is 3.30. The Morgan fingerprint density at radius 2 is 2.00 bits per heavy atom. The Bertz CT molecular complexity index is 607. The van der Waals surface area contributed by atoms with E-state index < -0.39 is 5.91 Å². The van der Waals surface area contributed by atoms with Crippen LogP contribution >= 0.6 is 23.2 Å². The summed E-state index contributed by atoms with van der Waals surface area (Å²) in [5, 5.41) is 5.23. The number of nitrogens with zero attached hydrogens (tertiary/aromatic N) is 2. The van der Waals surface area contributed by atoms with Crippen molar-refractivity contribution in [2.45, 2.75) is 13.3 Å². The van der Waals surface area contributed by atoms with Crippen LogP contribution in [0.4, 0.5) is 0 Å². The Hall–Kier alpha value is -1.56. The van der Waals surface area contributed by atoms with Crippen LogP contribution in [0.2, 0.25) is 10.0 Å². The second-order valence-electron chi connectivity index (χ2n) is 3.82. The zero-order chi connectivity index (χ0) is 14.0. The van der Waals surface area contributed by atoms with E-state index in [9.17, 15) is 4.79 Å². The summed E-state index contributed by atoms with van der Waals surface area (Å²) in [6.45, 7) is 1.91. The molecule has 0 unspecified atom stereocenters. The van der Waals surface area contributed by atoms with E-state index in [0.29, 0.717) is 27.8 Å². The van der Waals surface area contributed by atoms with Gasteiger partial charge in [-0.05, 0) is 30.7 Å². The topological polar surface area (TPSA) is 72.9 Å². The number of carbonyl (C=O) groups is 1. The first kappa shape index (κ1) is 13.9. The molecule has 3 N–H and O–H groups in total. The van der Waals surface area contributed by atoms with Gasteiger partial charge in [-0.3, -0.25) is 10.2 Å². The molecule has 0 aliphatic heterocycles. The van der Waals surface area contributed by atoms with E-state index in [2.05, 4.69) is 10.5 Å². The highest BCUT2D eigenvalue weighted by Crippen LogP contribution is 2.25. The lowest BCUT2D eigenvalue weighted by Crippen LogP contribution is -2.32. The maximum absolute atomic E-state index is 11.8. The van der Waals surface area contributed by atoms with E-state index >= 15 is 0 Å². The van der Waals surface area contributed by atoms with Gasteiger partial charge in [-0.1, -0.05) is 30.1 Å². The molecule has 0 aliphatic carbocycles. The van der Waals surface area contributed by atoms with Crippen molar-refractivity contribution in [2.75, 3.05) is 0 Å². The molecule has 0 fully saturated rings. The SMILES string of the molecule is CCc1nn(-c2ccc(Cl)cc2)c(C(=O)NN)c1Cl. The molecule has 1 aromatic carbocycles. The van der Waals surface area contributed by atoms with E-state index in [1.54, 1.807) is 24.3 Å². The van der Waals surface area contributed by atoms with Crippen LogP contribution in [-0.4, -0.2) is 15.7 Å². The molecule has 1 aromatic heterocycles. The van der Waals surface area contributed by atoms with E-state index in [1.165, 1.54) is 4.68 Å². The fourth-order valence-corrected chi connectivity index (χ4v) is 2.17. The minimum Gasteiger partial charge on any atom is -0.289 e. The standard InChI is InChI=1S/C12H12Cl2N4O/c1-2-9-10(14)11(12(19)16-15)18(17-9)8-5-3-7(13)4-6-8/h3-6H,2,15H2,1H3,(H,16,19). The van der Waals surface area contributed by atoms with Crippen LogP contribution in [0.15, 0.2) is 24.3 Å². The van der Waals surface area contributed by atoms with Crippen LogP contribution in [0.5, 0.6) is 0 Å². The van der Waals surface area contributed by atoms with Crippen LogP contribution in [0.25, 0.3) is 5.69 Å². The maximum atomic E-state index is 11.8. The fraction of sp³-hybridized carbons (Fsp3) is 0.167. The normalized spacial score (nSPS) is 10.5. The second kappa shape index (κ2) is 5.61. The molecule has 0 aliphatic rings. The average molecular weight is 299 g/mol. The van der Waals surface area contributed by atoms with Crippen molar-refractivity contribution in [3.63, 3.8) is 0 Å². The van der Waals surface area contributed by atoms with Gasteiger partial charge in [-0.25, -0.2) is 10.5 Å². The van der Waals surface area contributed by atoms with Gasteiger partial charge in [0.15, 0.2) is 5.69 Å². The first-order valence-electron chi connectivity index (χ1n) is 5.62. The molecule has 2 rings (SSSR count). The van der Waals surface area contributed by atoms with Crippen molar-refractivity contribution in [3.8, 4) is 5.69 Å². The number of nitrogens with one attached hydrogen (secondary N) is 1. The van der Waals surface area contributed by atoms with Gasteiger partial charge < -0.3 is 0 Å². The lowest BCUT2D eigenvalue weighted by atomic mass is 10.2. The first-order valence-corrected chi connectivity index (χ1v) is 6.38. The summed E-state index contributed by atoms with van der Waals surface area (Å²) < 4.78 is 1.46. The zero-order valence-corrected chi connectivity index (χ0v) is 11.7. The summed E-state index contributed by atoms with van der Waals surface area (Å²) in [5.74, 6) is 4.68. The number of amides is 1. The van der Waals surface area contributed by atoms with E-state index in [4.69, 9.17) is 29.0 Å². The Kier molecular flexibility index (Phi) is 4.09.